The van der Waals surface area contributed by atoms with Gasteiger partial charge in [-0.25, -0.2) is 0 Å². The maximum absolute atomic E-state index is 8.74. The van der Waals surface area contributed by atoms with E-state index in [-0.39, 0.29) is 13.2 Å². The van der Waals surface area contributed by atoms with Crippen LogP contribution in [0.4, 0.5) is 0 Å². The van der Waals surface area contributed by atoms with Gasteiger partial charge in [0.1, 0.15) is 0 Å². The Morgan fingerprint density at radius 1 is 0.522 bits per heavy atom. The Kier molecular flexibility index (Phi) is 19.5. The molecule has 0 amide bonds. The predicted octanol–water partition coefficient (Wildman–Crippen LogP) is -1.01. The van der Waals surface area contributed by atoms with Crippen molar-refractivity contribution in [2.75, 3.05) is 99.4 Å². The van der Waals surface area contributed by atoms with Crippen molar-refractivity contribution in [1.29, 1.82) is 0 Å². The molecule has 0 radical (unpaired) electrons. The van der Waals surface area contributed by atoms with E-state index in [2.05, 4.69) is 0 Å². The highest BCUT2D eigenvalue weighted by Gasteiger charge is 1.97. The predicted molar refractivity (Wildman–Crippen MR) is 85.8 cm³/mol. The third-order valence-electron chi connectivity index (χ3n) is 2.82. The van der Waals surface area contributed by atoms with Crippen LogP contribution in [0.2, 0.25) is 0 Å². The number of ether oxygens (including phenoxy) is 5. The van der Waals surface area contributed by atoms with Crippen molar-refractivity contribution in [3.8, 4) is 0 Å². The molecule has 0 aliphatic carbocycles. The van der Waals surface area contributed by atoms with Crippen molar-refractivity contribution in [2.24, 2.45) is 0 Å². The lowest BCUT2D eigenvalue weighted by atomic mass is 10.5. The van der Waals surface area contributed by atoms with Crippen molar-refractivity contribution >= 4 is 0 Å². The fourth-order valence-electron chi connectivity index (χ4n) is 1.55. The molecule has 0 saturated heterocycles. The van der Waals surface area contributed by atoms with Crippen LogP contribution in [-0.2, 0) is 23.7 Å². The molecule has 0 spiro atoms. The number of rotatable bonds is 19. The van der Waals surface area contributed by atoms with E-state index in [1.807, 2.05) is 11.9 Å². The summed E-state index contributed by atoms with van der Waals surface area (Å²) in [6, 6.07) is 0. The van der Waals surface area contributed by atoms with Crippen molar-refractivity contribution in [3.63, 3.8) is 0 Å². The smallest absolute Gasteiger partial charge is 0.0701 e. The largest absolute Gasteiger partial charge is 0.395 e. The lowest BCUT2D eigenvalue weighted by molar-refractivity contribution is -0.0141. The molecular weight excluding hydrogens is 306 g/mol. The second kappa shape index (κ2) is 19.7. The van der Waals surface area contributed by atoms with Gasteiger partial charge in [-0.2, -0.15) is 0 Å². The van der Waals surface area contributed by atoms with Gasteiger partial charge in [-0.3, -0.25) is 0 Å². The first-order valence-electron chi connectivity index (χ1n) is 8.10. The molecule has 0 saturated carbocycles. The topological polar surface area (TPSA) is 89.9 Å². The van der Waals surface area contributed by atoms with Crippen molar-refractivity contribution in [3.05, 3.63) is 0 Å². The first kappa shape index (κ1) is 22.7. The molecule has 2 N–H and O–H groups in total. The Bertz CT molecular complexity index is 222. The monoisotopic (exact) mass is 339 g/mol. The average Bonchev–Trinajstić information content (AvgIpc) is 2.54. The number of hydrogen-bond donors (Lipinski definition) is 2. The molecule has 0 atom stereocenters. The van der Waals surface area contributed by atoms with Gasteiger partial charge in [0.25, 0.3) is 0 Å². The van der Waals surface area contributed by atoms with E-state index in [1.165, 1.54) is 0 Å². The highest BCUT2D eigenvalue weighted by atomic mass is 16.6. The molecule has 8 nitrogen and oxygen atoms in total. The van der Waals surface area contributed by atoms with Gasteiger partial charge in [0.05, 0.1) is 79.3 Å². The summed E-state index contributed by atoms with van der Waals surface area (Å²) in [4.78, 5) is 2.01. The van der Waals surface area contributed by atoms with Crippen LogP contribution < -0.4 is 0 Å². The Balaban J connectivity index is 3.00. The molecule has 0 aromatic rings. The molecule has 0 aliphatic heterocycles. The molecule has 0 rings (SSSR count). The van der Waals surface area contributed by atoms with Gasteiger partial charge in [-0.05, 0) is 7.05 Å². The van der Waals surface area contributed by atoms with Crippen LogP contribution in [0.25, 0.3) is 0 Å². The Morgan fingerprint density at radius 2 is 0.913 bits per heavy atom. The number of aliphatic hydroxyl groups is 2. The average molecular weight is 339 g/mol. The molecule has 0 aromatic heterocycles. The summed E-state index contributed by atoms with van der Waals surface area (Å²) in [5.41, 5.74) is 0. The molecule has 23 heavy (non-hydrogen) atoms. The van der Waals surface area contributed by atoms with E-state index in [4.69, 9.17) is 33.9 Å². The first-order valence-corrected chi connectivity index (χ1v) is 8.10. The number of hydrogen-bond acceptors (Lipinski definition) is 8. The second-order valence-corrected chi connectivity index (χ2v) is 4.81. The summed E-state index contributed by atoms with van der Waals surface area (Å²) in [5.74, 6) is 0. The summed E-state index contributed by atoms with van der Waals surface area (Å²) in [6.45, 7) is 6.86. The zero-order valence-corrected chi connectivity index (χ0v) is 14.3. The molecular formula is C15H33NO7. The lowest BCUT2D eigenvalue weighted by Gasteiger charge is -2.14. The van der Waals surface area contributed by atoms with Crippen LogP contribution in [0, 0.1) is 0 Å². The summed E-state index contributed by atoms with van der Waals surface area (Å²) in [7, 11) is 1.94. The molecule has 8 heteroatoms. The third kappa shape index (κ3) is 19.6. The minimum atomic E-state index is 0.0366. The van der Waals surface area contributed by atoms with E-state index < -0.39 is 0 Å². The summed E-state index contributed by atoms with van der Waals surface area (Å²) in [6.07, 6.45) is 0. The Morgan fingerprint density at radius 3 is 1.30 bits per heavy atom. The Labute approximate surface area is 139 Å². The highest BCUT2D eigenvalue weighted by Crippen LogP contribution is 1.85. The molecule has 0 fully saturated rings. The number of aliphatic hydroxyl groups excluding tert-OH is 2. The third-order valence-corrected chi connectivity index (χ3v) is 2.82. The first-order chi connectivity index (χ1) is 11.3. The van der Waals surface area contributed by atoms with Gasteiger partial charge >= 0.3 is 0 Å². The molecule has 0 bridgehead atoms. The molecule has 0 heterocycles. The van der Waals surface area contributed by atoms with Gasteiger partial charge in [0.15, 0.2) is 0 Å². The zero-order chi connectivity index (χ0) is 17.0. The standard InChI is InChI=1S/C15H33NO7/c1-16(2-4-17)3-6-19-8-10-21-12-14-23-15-13-22-11-9-20-7-5-18/h17-18H,2-15H2,1H3. The lowest BCUT2D eigenvalue weighted by Crippen LogP contribution is -2.26. The minimum absolute atomic E-state index is 0.0366. The van der Waals surface area contributed by atoms with Gasteiger partial charge in [-0.1, -0.05) is 0 Å². The van der Waals surface area contributed by atoms with Crippen molar-refractivity contribution in [2.45, 2.75) is 0 Å². The van der Waals surface area contributed by atoms with Crippen LogP contribution in [-0.4, -0.2) is 115 Å². The number of nitrogens with zero attached hydrogens (tertiary/aromatic N) is 1. The minimum Gasteiger partial charge on any atom is -0.395 e. The van der Waals surface area contributed by atoms with Gasteiger partial charge in [0.2, 0.25) is 0 Å². The highest BCUT2D eigenvalue weighted by molar-refractivity contribution is 4.48. The van der Waals surface area contributed by atoms with Crippen molar-refractivity contribution in [1.82, 2.24) is 4.90 Å². The van der Waals surface area contributed by atoms with Crippen LogP contribution in [0.1, 0.15) is 0 Å². The summed E-state index contributed by atoms with van der Waals surface area (Å²) in [5, 5.41) is 17.2. The zero-order valence-electron chi connectivity index (χ0n) is 14.3. The maximum atomic E-state index is 8.74. The molecule has 140 valence electrons. The quantitative estimate of drug-likeness (QED) is 0.289. The van der Waals surface area contributed by atoms with E-state index in [9.17, 15) is 0 Å². The van der Waals surface area contributed by atoms with Crippen LogP contribution in [0.3, 0.4) is 0 Å². The molecule has 0 aromatic carbocycles. The van der Waals surface area contributed by atoms with Crippen LogP contribution in [0.5, 0.6) is 0 Å². The SMILES string of the molecule is CN(CCO)CCOCCOCCOCCOCCOCCO. The van der Waals surface area contributed by atoms with E-state index in [1.54, 1.807) is 0 Å². The number of likely N-dealkylation sites (N-methyl/N-ethyl adjacent to an activating group) is 1. The second-order valence-electron chi connectivity index (χ2n) is 4.81. The van der Waals surface area contributed by atoms with E-state index >= 15 is 0 Å². The molecule has 0 unspecified atom stereocenters. The van der Waals surface area contributed by atoms with Crippen LogP contribution >= 0.6 is 0 Å². The van der Waals surface area contributed by atoms with E-state index in [0.717, 1.165) is 6.54 Å². The van der Waals surface area contributed by atoms with Gasteiger partial charge in [0, 0.05) is 13.1 Å². The summed E-state index contributed by atoms with van der Waals surface area (Å²) < 4.78 is 26.5. The molecule has 0 aliphatic rings. The summed E-state index contributed by atoms with van der Waals surface area (Å²) >= 11 is 0. The fourth-order valence-corrected chi connectivity index (χ4v) is 1.55. The van der Waals surface area contributed by atoms with Gasteiger partial charge < -0.3 is 38.8 Å². The normalized spacial score (nSPS) is 11.5. The Hall–Kier alpha value is -0.320. The maximum Gasteiger partial charge on any atom is 0.0701 e. The van der Waals surface area contributed by atoms with Crippen molar-refractivity contribution < 1.29 is 33.9 Å². The van der Waals surface area contributed by atoms with Crippen LogP contribution in [0.15, 0.2) is 0 Å². The fraction of sp³-hybridized carbons (Fsp3) is 1.00. The van der Waals surface area contributed by atoms with E-state index in [0.29, 0.717) is 72.6 Å². The van der Waals surface area contributed by atoms with Gasteiger partial charge in [-0.15, -0.1) is 0 Å².